The molecule has 0 N–H and O–H groups in total. The topological polar surface area (TPSA) is 35.5 Å². The van der Waals surface area contributed by atoms with Crippen LogP contribution in [0.2, 0.25) is 0 Å². The van der Waals surface area contributed by atoms with Crippen LogP contribution in [0.4, 0.5) is 0 Å². The Morgan fingerprint density at radius 2 is 1.88 bits per heavy atom. The molecule has 0 aromatic heterocycles. The largest absolute Gasteiger partial charge is 0.427 e. The zero-order valence-corrected chi connectivity index (χ0v) is 9.47. The number of hydrogen-bond donors (Lipinski definition) is 0. The third kappa shape index (κ3) is 1.59. The maximum Gasteiger partial charge on any atom is 0.335 e. The zero-order chi connectivity index (χ0) is 11.9. The van der Waals surface area contributed by atoms with Gasteiger partial charge in [-0.1, -0.05) is 42.5 Å². The second-order valence-corrected chi connectivity index (χ2v) is 4.24. The van der Waals surface area contributed by atoms with Gasteiger partial charge in [-0.2, -0.15) is 0 Å². The number of ether oxygens (including phenoxy) is 2. The highest BCUT2D eigenvalue weighted by molar-refractivity contribution is 5.87. The van der Waals surface area contributed by atoms with Crippen LogP contribution in [-0.4, -0.2) is 12.6 Å². The molecule has 1 atom stereocenters. The molecule has 0 amide bonds. The Kier molecular flexibility index (Phi) is 2.16. The van der Waals surface area contributed by atoms with Crippen molar-refractivity contribution in [1.29, 1.82) is 0 Å². The highest BCUT2D eigenvalue weighted by Crippen LogP contribution is 2.35. The van der Waals surface area contributed by atoms with Gasteiger partial charge in [-0.25, -0.2) is 4.79 Å². The van der Waals surface area contributed by atoms with Crippen molar-refractivity contribution in [2.45, 2.75) is 12.7 Å². The third-order valence-corrected chi connectivity index (χ3v) is 3.05. The van der Waals surface area contributed by atoms with E-state index in [1.165, 1.54) is 0 Å². The molecule has 0 bridgehead atoms. The van der Waals surface area contributed by atoms with E-state index in [-0.39, 0.29) is 12.6 Å². The fourth-order valence-corrected chi connectivity index (χ4v) is 2.23. The molecular weight excluding hydrogens is 216 g/mol. The minimum Gasteiger partial charge on any atom is -0.427 e. The molecule has 2 aromatic rings. The van der Waals surface area contributed by atoms with E-state index in [1.54, 1.807) is 6.92 Å². The molecule has 0 saturated carbocycles. The van der Waals surface area contributed by atoms with E-state index in [4.69, 9.17) is 9.47 Å². The quantitative estimate of drug-likeness (QED) is 0.704. The van der Waals surface area contributed by atoms with E-state index < -0.39 is 5.79 Å². The van der Waals surface area contributed by atoms with Crippen molar-refractivity contribution in [3.8, 4) is 0 Å². The lowest BCUT2D eigenvalue weighted by Crippen LogP contribution is -2.23. The number of cyclic esters (lactones) is 1. The van der Waals surface area contributed by atoms with E-state index in [9.17, 15) is 4.79 Å². The fraction of sp³-hybridized carbons (Fsp3) is 0.214. The molecule has 1 heterocycles. The normalized spacial score (nSPS) is 23.9. The van der Waals surface area contributed by atoms with Crippen molar-refractivity contribution in [2.24, 2.45) is 0 Å². The first-order valence-electron chi connectivity index (χ1n) is 5.53. The Hall–Kier alpha value is -1.87. The van der Waals surface area contributed by atoms with Gasteiger partial charge in [-0.05, 0) is 10.8 Å². The van der Waals surface area contributed by atoms with Gasteiger partial charge in [-0.15, -0.1) is 0 Å². The first-order valence-corrected chi connectivity index (χ1v) is 5.53. The van der Waals surface area contributed by atoms with E-state index in [1.807, 2.05) is 42.5 Å². The van der Waals surface area contributed by atoms with Crippen LogP contribution in [0.1, 0.15) is 12.5 Å². The molecule has 1 saturated heterocycles. The smallest absolute Gasteiger partial charge is 0.335 e. The van der Waals surface area contributed by atoms with Crippen molar-refractivity contribution in [3.63, 3.8) is 0 Å². The van der Waals surface area contributed by atoms with Crippen LogP contribution in [0.3, 0.4) is 0 Å². The second-order valence-electron chi connectivity index (χ2n) is 4.24. The number of benzene rings is 2. The van der Waals surface area contributed by atoms with Gasteiger partial charge in [0.15, 0.2) is 0 Å². The summed E-state index contributed by atoms with van der Waals surface area (Å²) in [6.45, 7) is 1.79. The van der Waals surface area contributed by atoms with Crippen molar-refractivity contribution in [3.05, 3.63) is 48.0 Å². The predicted molar refractivity (Wildman–Crippen MR) is 63.3 cm³/mol. The Balaban J connectivity index is 2.21. The van der Waals surface area contributed by atoms with Crippen molar-refractivity contribution in [1.82, 2.24) is 0 Å². The second kappa shape index (κ2) is 3.57. The van der Waals surface area contributed by atoms with Gasteiger partial charge in [0.2, 0.25) is 5.79 Å². The van der Waals surface area contributed by atoms with Crippen molar-refractivity contribution < 1.29 is 14.3 Å². The highest BCUT2D eigenvalue weighted by atomic mass is 16.8. The summed E-state index contributed by atoms with van der Waals surface area (Å²) in [5.41, 5.74) is 0.890. The van der Waals surface area contributed by atoms with Crippen molar-refractivity contribution in [2.75, 3.05) is 6.61 Å². The van der Waals surface area contributed by atoms with Crippen molar-refractivity contribution >= 4 is 16.7 Å². The average Bonchev–Trinajstić information content (AvgIpc) is 2.70. The molecule has 86 valence electrons. The number of esters is 1. The lowest BCUT2D eigenvalue weighted by molar-refractivity contribution is -0.169. The number of carbonyl (C=O) groups excluding carboxylic acids is 1. The van der Waals surface area contributed by atoms with Gasteiger partial charge >= 0.3 is 5.97 Å². The summed E-state index contributed by atoms with van der Waals surface area (Å²) < 4.78 is 10.8. The molecule has 1 aliphatic rings. The van der Waals surface area contributed by atoms with Gasteiger partial charge in [0, 0.05) is 12.5 Å². The molecule has 3 nitrogen and oxygen atoms in total. The van der Waals surface area contributed by atoms with E-state index >= 15 is 0 Å². The van der Waals surface area contributed by atoms with Crippen LogP contribution in [-0.2, 0) is 20.1 Å². The van der Waals surface area contributed by atoms with E-state index in [2.05, 4.69) is 0 Å². The van der Waals surface area contributed by atoms with Crippen LogP contribution in [0.25, 0.3) is 10.8 Å². The number of rotatable bonds is 1. The summed E-state index contributed by atoms with van der Waals surface area (Å²) in [6, 6.07) is 13.9. The average molecular weight is 228 g/mol. The summed E-state index contributed by atoms with van der Waals surface area (Å²) in [5.74, 6) is -1.28. The number of fused-ring (bicyclic) bond motifs is 1. The van der Waals surface area contributed by atoms with Gasteiger partial charge in [0.05, 0.1) is 0 Å². The van der Waals surface area contributed by atoms with Crippen LogP contribution in [0, 0.1) is 0 Å². The van der Waals surface area contributed by atoms with Crippen LogP contribution >= 0.6 is 0 Å². The molecule has 2 aromatic carbocycles. The minimum atomic E-state index is -0.960. The molecule has 3 rings (SSSR count). The Bertz CT molecular complexity index is 586. The fourth-order valence-electron chi connectivity index (χ4n) is 2.23. The molecule has 3 heteroatoms. The van der Waals surface area contributed by atoms with Crippen LogP contribution in [0.15, 0.2) is 42.5 Å². The lowest BCUT2D eigenvalue weighted by Gasteiger charge is -2.23. The Labute approximate surface area is 99.0 Å². The Morgan fingerprint density at radius 3 is 2.65 bits per heavy atom. The lowest BCUT2D eigenvalue weighted by atomic mass is 9.99. The third-order valence-electron chi connectivity index (χ3n) is 3.05. The molecule has 0 spiro atoms. The Morgan fingerprint density at radius 1 is 1.12 bits per heavy atom. The van der Waals surface area contributed by atoms with Gasteiger partial charge in [0.25, 0.3) is 0 Å². The first-order chi connectivity index (χ1) is 8.19. The molecule has 1 unspecified atom stereocenters. The van der Waals surface area contributed by atoms with E-state index in [0.29, 0.717) is 0 Å². The molecule has 1 aliphatic heterocycles. The SMILES string of the molecule is CC1(c2cccc3ccccc23)OCC(=O)O1. The summed E-state index contributed by atoms with van der Waals surface area (Å²) in [7, 11) is 0. The summed E-state index contributed by atoms with van der Waals surface area (Å²) in [4.78, 5) is 11.2. The first kappa shape index (κ1) is 10.3. The van der Waals surface area contributed by atoms with Gasteiger partial charge in [0.1, 0.15) is 6.61 Å². The van der Waals surface area contributed by atoms with Gasteiger partial charge < -0.3 is 9.47 Å². The number of carbonyl (C=O) groups is 1. The maximum absolute atomic E-state index is 11.2. The van der Waals surface area contributed by atoms with Gasteiger partial charge in [-0.3, -0.25) is 0 Å². The standard InChI is InChI=1S/C14H12O3/c1-14(16-9-13(15)17-14)12-8-4-6-10-5-2-3-7-11(10)12/h2-8H,9H2,1H3. The predicted octanol–water partition coefficient (Wildman–Crippen LogP) is 2.59. The van der Waals surface area contributed by atoms with E-state index in [0.717, 1.165) is 16.3 Å². The van der Waals surface area contributed by atoms with Crippen LogP contribution in [0.5, 0.6) is 0 Å². The molecule has 17 heavy (non-hydrogen) atoms. The summed E-state index contributed by atoms with van der Waals surface area (Å²) in [6.07, 6.45) is 0. The maximum atomic E-state index is 11.2. The summed E-state index contributed by atoms with van der Waals surface area (Å²) >= 11 is 0. The highest BCUT2D eigenvalue weighted by Gasteiger charge is 2.39. The molecular formula is C14H12O3. The summed E-state index contributed by atoms with van der Waals surface area (Å²) in [5, 5.41) is 2.16. The monoisotopic (exact) mass is 228 g/mol. The molecule has 1 fully saturated rings. The molecule has 0 radical (unpaired) electrons. The number of hydrogen-bond acceptors (Lipinski definition) is 3. The zero-order valence-electron chi connectivity index (χ0n) is 9.47. The molecule has 0 aliphatic carbocycles. The van der Waals surface area contributed by atoms with Crippen LogP contribution < -0.4 is 0 Å². The minimum absolute atomic E-state index is 0.0136.